The van der Waals surface area contributed by atoms with Gasteiger partial charge in [-0.2, -0.15) is 0 Å². The molecule has 3 heteroatoms. The lowest BCUT2D eigenvalue weighted by Crippen LogP contribution is -2.22. The number of aryl methyl sites for hydroxylation is 1. The first kappa shape index (κ1) is 11.7. The van der Waals surface area contributed by atoms with E-state index < -0.39 is 0 Å². The molecule has 1 aliphatic heterocycles. The van der Waals surface area contributed by atoms with Gasteiger partial charge in [0.1, 0.15) is 0 Å². The lowest BCUT2D eigenvalue weighted by atomic mass is 10.0. The van der Waals surface area contributed by atoms with Crippen LogP contribution < -0.4 is 4.90 Å². The molecule has 84 valence electrons. The summed E-state index contributed by atoms with van der Waals surface area (Å²) in [6, 6.07) is 6.58. The smallest absolute Gasteiger partial charge is 0.0506 e. The first-order valence-electron chi connectivity index (χ1n) is 5.32. The van der Waals surface area contributed by atoms with E-state index in [0.717, 1.165) is 17.0 Å². The zero-order valence-electron chi connectivity index (χ0n) is 9.53. The van der Waals surface area contributed by atoms with Crippen molar-refractivity contribution in [3.05, 3.63) is 41.1 Å². The van der Waals surface area contributed by atoms with Crippen molar-refractivity contribution in [3.63, 3.8) is 0 Å². The van der Waals surface area contributed by atoms with Gasteiger partial charge in [-0.25, -0.2) is 0 Å². The molecule has 0 saturated heterocycles. The molecular weight excluding hydrogens is 234 g/mol. The maximum atomic E-state index is 5.05. The predicted molar refractivity (Wildman–Crippen MR) is 77.6 cm³/mol. The Morgan fingerprint density at radius 2 is 2.25 bits per heavy atom. The summed E-state index contributed by atoms with van der Waals surface area (Å²) in [5.41, 5.74) is 5.23. The van der Waals surface area contributed by atoms with Crippen LogP contribution in [-0.4, -0.2) is 11.2 Å². The Bertz CT molecular complexity index is 463. The van der Waals surface area contributed by atoms with Crippen molar-refractivity contribution in [1.82, 2.24) is 0 Å². The minimum atomic E-state index is 0.744. The number of thiocarbonyl (C=S) groups is 1. The lowest BCUT2D eigenvalue weighted by Gasteiger charge is -2.29. The van der Waals surface area contributed by atoms with Crippen LogP contribution in [0.2, 0.25) is 0 Å². The number of thiol groups is 1. The number of anilines is 1. The molecule has 16 heavy (non-hydrogen) atoms. The molecule has 0 saturated carbocycles. The van der Waals surface area contributed by atoms with Gasteiger partial charge >= 0.3 is 0 Å². The lowest BCUT2D eigenvalue weighted by molar-refractivity contribution is 0.982. The summed E-state index contributed by atoms with van der Waals surface area (Å²) in [6.45, 7) is 2.13. The summed E-state index contributed by atoms with van der Waals surface area (Å²) in [5, 5.41) is 0. The molecule has 1 aromatic carbocycles. The average molecular weight is 249 g/mol. The van der Waals surface area contributed by atoms with Gasteiger partial charge in [0.2, 0.25) is 0 Å². The van der Waals surface area contributed by atoms with Crippen molar-refractivity contribution < 1.29 is 0 Å². The third kappa shape index (κ3) is 2.30. The second-order valence-corrected chi connectivity index (χ2v) is 5.50. The van der Waals surface area contributed by atoms with E-state index in [-0.39, 0.29) is 0 Å². The first-order valence-corrected chi connectivity index (χ1v) is 6.17. The van der Waals surface area contributed by atoms with Gasteiger partial charge in [0, 0.05) is 24.9 Å². The summed E-state index contributed by atoms with van der Waals surface area (Å²) >= 11 is 9.24. The van der Waals surface area contributed by atoms with Gasteiger partial charge in [-0.05, 0) is 25.0 Å². The molecule has 0 aromatic heterocycles. The Labute approximate surface area is 108 Å². The molecule has 0 unspecified atom stereocenters. The maximum absolute atomic E-state index is 5.05. The van der Waals surface area contributed by atoms with Crippen molar-refractivity contribution in [2.75, 3.05) is 11.9 Å². The zero-order valence-corrected chi connectivity index (χ0v) is 11.2. The standard InChI is InChI=1S/C13H15NS2/c1-9-3-6-12-10(7-9)4-5-11(14(12)2)8-13(15)16/h3,5-7H,4,8H2,1-2H3,(H,15,16). The number of nitrogens with zero attached hydrogens (tertiary/aromatic N) is 1. The number of fused-ring (bicyclic) bond motifs is 1. The number of benzene rings is 1. The quantitative estimate of drug-likeness (QED) is 0.631. The SMILES string of the molecule is Cc1ccc2c(c1)CC=C(CC(=S)S)N2C. The molecular formula is C13H15NS2. The molecule has 0 aliphatic carbocycles. The van der Waals surface area contributed by atoms with Gasteiger partial charge < -0.3 is 4.90 Å². The number of rotatable bonds is 2. The normalized spacial score (nSPS) is 14.4. The van der Waals surface area contributed by atoms with Gasteiger partial charge in [-0.3, -0.25) is 0 Å². The number of hydrogen-bond donors (Lipinski definition) is 1. The molecule has 0 N–H and O–H groups in total. The molecule has 0 spiro atoms. The fourth-order valence-corrected chi connectivity index (χ4v) is 2.38. The molecule has 1 aliphatic rings. The highest BCUT2D eigenvalue weighted by Gasteiger charge is 2.16. The second kappa shape index (κ2) is 4.60. The van der Waals surface area contributed by atoms with E-state index in [1.807, 2.05) is 0 Å². The summed E-state index contributed by atoms with van der Waals surface area (Å²) in [4.78, 5) is 2.21. The van der Waals surface area contributed by atoms with E-state index >= 15 is 0 Å². The molecule has 0 bridgehead atoms. The highest BCUT2D eigenvalue weighted by atomic mass is 32.1. The second-order valence-electron chi connectivity index (χ2n) is 4.16. The van der Waals surface area contributed by atoms with Crippen LogP contribution in [0, 0.1) is 6.92 Å². The van der Waals surface area contributed by atoms with Crippen molar-refractivity contribution in [3.8, 4) is 0 Å². The van der Waals surface area contributed by atoms with Crippen LogP contribution >= 0.6 is 24.8 Å². The van der Waals surface area contributed by atoms with Crippen molar-refractivity contribution in [2.24, 2.45) is 0 Å². The molecule has 0 fully saturated rings. The monoisotopic (exact) mass is 249 g/mol. The Balaban J connectivity index is 2.31. The number of allylic oxidation sites excluding steroid dienone is 2. The van der Waals surface area contributed by atoms with E-state index in [9.17, 15) is 0 Å². The van der Waals surface area contributed by atoms with Gasteiger partial charge in [-0.15, -0.1) is 12.6 Å². The van der Waals surface area contributed by atoms with Gasteiger partial charge in [0.25, 0.3) is 0 Å². The van der Waals surface area contributed by atoms with E-state index in [0.29, 0.717) is 0 Å². The van der Waals surface area contributed by atoms with Crippen LogP contribution in [-0.2, 0) is 6.42 Å². The average Bonchev–Trinajstić information content (AvgIpc) is 2.22. The Morgan fingerprint density at radius 3 is 2.94 bits per heavy atom. The summed E-state index contributed by atoms with van der Waals surface area (Å²) in [6.07, 6.45) is 4.00. The summed E-state index contributed by atoms with van der Waals surface area (Å²) < 4.78 is 0.744. The summed E-state index contributed by atoms with van der Waals surface area (Å²) in [7, 11) is 2.09. The third-order valence-electron chi connectivity index (χ3n) is 2.92. The van der Waals surface area contributed by atoms with Crippen molar-refractivity contribution >= 4 is 34.7 Å². The predicted octanol–water partition coefficient (Wildman–Crippen LogP) is 3.52. The molecule has 1 heterocycles. The molecule has 0 radical (unpaired) electrons. The molecule has 0 amide bonds. The molecule has 2 rings (SSSR count). The molecule has 1 nitrogen and oxygen atoms in total. The van der Waals surface area contributed by atoms with Crippen molar-refractivity contribution in [2.45, 2.75) is 19.8 Å². The Hall–Kier alpha value is -0.800. The van der Waals surface area contributed by atoms with Gasteiger partial charge in [-0.1, -0.05) is 36.0 Å². The third-order valence-corrected chi connectivity index (χ3v) is 3.22. The fourth-order valence-electron chi connectivity index (χ4n) is 2.07. The van der Waals surface area contributed by atoms with Crippen LogP contribution in [0.1, 0.15) is 17.5 Å². The molecule has 1 aromatic rings. The van der Waals surface area contributed by atoms with E-state index in [1.54, 1.807) is 0 Å². The largest absolute Gasteiger partial charge is 0.348 e. The zero-order chi connectivity index (χ0) is 11.7. The highest BCUT2D eigenvalue weighted by molar-refractivity contribution is 8.11. The number of hydrogen-bond acceptors (Lipinski definition) is 2. The van der Waals surface area contributed by atoms with Crippen LogP contribution in [0.5, 0.6) is 0 Å². The topological polar surface area (TPSA) is 3.24 Å². The van der Waals surface area contributed by atoms with Gasteiger partial charge in [0.15, 0.2) is 0 Å². The minimum Gasteiger partial charge on any atom is -0.348 e. The van der Waals surface area contributed by atoms with Crippen molar-refractivity contribution in [1.29, 1.82) is 0 Å². The summed E-state index contributed by atoms with van der Waals surface area (Å²) in [5.74, 6) is 0. The first-order chi connectivity index (χ1) is 7.58. The maximum Gasteiger partial charge on any atom is 0.0506 e. The molecule has 0 atom stereocenters. The van der Waals surface area contributed by atoms with Crippen LogP contribution in [0.25, 0.3) is 0 Å². The van der Waals surface area contributed by atoms with E-state index in [4.69, 9.17) is 12.2 Å². The highest BCUT2D eigenvalue weighted by Crippen LogP contribution is 2.30. The van der Waals surface area contributed by atoms with E-state index in [1.165, 1.54) is 22.5 Å². The Morgan fingerprint density at radius 1 is 1.50 bits per heavy atom. The van der Waals surface area contributed by atoms with Crippen LogP contribution in [0.3, 0.4) is 0 Å². The fraction of sp³-hybridized carbons (Fsp3) is 0.308. The van der Waals surface area contributed by atoms with Crippen LogP contribution in [0.15, 0.2) is 30.0 Å². The van der Waals surface area contributed by atoms with Gasteiger partial charge in [0.05, 0.1) is 4.20 Å². The minimum absolute atomic E-state index is 0.744. The van der Waals surface area contributed by atoms with Crippen LogP contribution in [0.4, 0.5) is 5.69 Å². The van der Waals surface area contributed by atoms with E-state index in [2.05, 4.69) is 55.8 Å². The Kier molecular flexibility index (Phi) is 3.36.